The number of benzene rings is 4. The standard InChI is InChI=1S/C26H32N8O2S.C25H28N8O2S.C25H27N7O.C24H28N8/c1-33-16-21(13-28-33)19-5-4-6-20(11-19)25-27-15-24(22-14-29-34(2)17-22)26(32-25)31-23-9-7-18(8-10-23)12-30-37(3,35)36;1-31-14-18(11-27-31)16-5-4-6-17(9-16)24-26-13-21(19-12-28-32(2)15-19)25(30-24)29-22-10-20-7-8-23(22)33(20)36(3,34)35;1-16(33)7-17-8-22(9-17)29-25-23(21-12-28-32(3)15-21)13-26-24(30-25)19-6-4-5-18(10-19)20-11-27-31(2)14-20;1-31-14-19(11-28-31)16-5-3-6-17(9-16)23-27-13-21(20-12-29-32(2)15-20)24(30-23)26-10-18-7-4-8-22(18)25/h4-6,11,13-18,23,30H,7-10,12H2,1-3H3,(H,27,31,32);4-6,9,11-15,20,22-23H,7-8,10H2,1-3H3,(H,26,29,30);4-6,10-15,17,22H,7-9H2,1-3H3,(H,26,29,30);3,5-6,9,11-15,18,22H,4,7-8,10,25H2,1-2H3,(H,26,27,30). The first-order chi connectivity index (χ1) is 66.5. The number of aryl methyl sites for hydroxylation is 8. The Bertz CT molecular complexity index is 7250. The Hall–Kier alpha value is -14.5. The number of sulfonamides is 2. The number of nitrogens with two attached hydrogens (primary N) is 1. The summed E-state index contributed by atoms with van der Waals surface area (Å²) in [6.45, 7) is 2.97. The summed E-state index contributed by atoms with van der Waals surface area (Å²) >= 11 is 0. The van der Waals surface area contributed by atoms with E-state index in [1.54, 1.807) is 54.9 Å². The second kappa shape index (κ2) is 40.8. The highest BCUT2D eigenvalue weighted by Gasteiger charge is 2.51. The van der Waals surface area contributed by atoms with Gasteiger partial charge >= 0.3 is 0 Å². The maximum Gasteiger partial charge on any atom is 0.211 e. The molecule has 2 bridgehead atoms. The SMILES string of the molecule is CC(=O)CC1CC(Nc2nc(-c3cccc(-c4cnn(C)c4)c3)ncc2-c2cnn(C)c2)C1.Cn1cc(-c2cccc(-c3ncc(-c4cnn(C)c4)c(NC4CC5CCC4N5S(C)(=O)=O)n3)c2)cn1.Cn1cc(-c2cccc(-c3ncc(-c4cnn(C)c4)c(NC4CCC(CNS(C)(=O)=O)CC4)n3)c2)cn1.Cn1cc(-c2cccc(-c3ncc(-c4cnn(C)c4)c(NCC4CCCC4N)n3)c2)cn1. The van der Waals surface area contributed by atoms with Crippen molar-refractivity contribution < 1.29 is 21.6 Å². The summed E-state index contributed by atoms with van der Waals surface area (Å²) in [6.07, 6.45) is 52.8. The van der Waals surface area contributed by atoms with Gasteiger partial charge in [0.15, 0.2) is 23.3 Å². The Kier molecular flexibility index (Phi) is 27.8. The van der Waals surface area contributed by atoms with Crippen molar-refractivity contribution in [3.05, 3.63) is 221 Å². The molecule has 14 heterocycles. The number of anilines is 4. The van der Waals surface area contributed by atoms with Gasteiger partial charge in [-0.05, 0) is 142 Å². The summed E-state index contributed by atoms with van der Waals surface area (Å²) < 4.78 is 66.3. The number of nitrogens with zero attached hydrogens (tertiary/aromatic N) is 25. The monoisotopic (exact) mass is 1890 g/mol. The topological polar surface area (TPSA) is 420 Å². The second-order valence-corrected chi connectivity index (χ2v) is 40.8. The molecule has 0 radical (unpaired) electrons. The molecule has 38 heteroatoms. The summed E-state index contributed by atoms with van der Waals surface area (Å²) in [6, 6.07) is 33.4. The van der Waals surface area contributed by atoms with Crippen LogP contribution in [0.2, 0.25) is 0 Å². The van der Waals surface area contributed by atoms with Crippen molar-refractivity contribution in [3.63, 3.8) is 0 Å². The third-order valence-electron chi connectivity index (χ3n) is 26.3. The number of fused-ring (bicyclic) bond motifs is 2. The van der Waals surface area contributed by atoms with Crippen LogP contribution >= 0.6 is 0 Å². The molecule has 16 aromatic rings. The lowest BCUT2D eigenvalue weighted by Crippen LogP contribution is -2.39. The van der Waals surface area contributed by atoms with Gasteiger partial charge in [0.1, 0.15) is 29.1 Å². The Morgan fingerprint density at radius 1 is 0.370 bits per heavy atom. The molecule has 36 nitrogen and oxygen atoms in total. The molecule has 2 saturated heterocycles. The minimum atomic E-state index is -3.26. The number of Topliss-reactive ketones (excluding diaryl/α,β-unsaturated/α-hetero) is 1. The van der Waals surface area contributed by atoms with Crippen molar-refractivity contribution in [3.8, 4) is 135 Å². The fourth-order valence-corrected chi connectivity index (χ4v) is 21.2. The molecule has 0 spiro atoms. The molecule has 21 rings (SSSR count). The van der Waals surface area contributed by atoms with Gasteiger partial charge in [0.25, 0.3) is 0 Å². The van der Waals surface area contributed by atoms with E-state index in [9.17, 15) is 21.6 Å². The van der Waals surface area contributed by atoms with Crippen LogP contribution in [0.5, 0.6) is 0 Å². The summed E-state index contributed by atoms with van der Waals surface area (Å²) in [7, 11) is 8.77. The normalized spacial score (nSPS) is 19.0. The molecule has 5 unspecified atom stereocenters. The van der Waals surface area contributed by atoms with Gasteiger partial charge in [-0.2, -0.15) is 45.1 Å². The van der Waals surface area contributed by atoms with Crippen LogP contribution in [0.4, 0.5) is 23.3 Å². The zero-order valence-electron chi connectivity index (χ0n) is 79.2. The van der Waals surface area contributed by atoms with Gasteiger partial charge in [0.2, 0.25) is 20.0 Å². The molecule has 712 valence electrons. The number of ketones is 1. The van der Waals surface area contributed by atoms with Crippen LogP contribution in [0, 0.1) is 17.8 Å². The zero-order chi connectivity index (χ0) is 96.0. The van der Waals surface area contributed by atoms with Crippen LogP contribution in [0.3, 0.4) is 0 Å². The number of hydrogen-bond donors (Lipinski definition) is 6. The van der Waals surface area contributed by atoms with Crippen LogP contribution in [0.25, 0.3) is 135 Å². The first-order valence-electron chi connectivity index (χ1n) is 46.5. The number of aromatic nitrogens is 24. The summed E-state index contributed by atoms with van der Waals surface area (Å²) in [5.74, 6) is 7.19. The van der Waals surface area contributed by atoms with Crippen molar-refractivity contribution in [2.75, 3.05) is 46.9 Å². The van der Waals surface area contributed by atoms with Gasteiger partial charge in [-0.3, -0.25) is 37.5 Å². The van der Waals surface area contributed by atoms with Gasteiger partial charge in [0, 0.05) is 276 Å². The maximum atomic E-state index is 12.4. The smallest absolute Gasteiger partial charge is 0.211 e. The highest BCUT2D eigenvalue weighted by Crippen LogP contribution is 2.44. The number of rotatable bonds is 27. The highest BCUT2D eigenvalue weighted by molar-refractivity contribution is 7.88. The van der Waals surface area contributed by atoms with Gasteiger partial charge in [-0.1, -0.05) is 79.2 Å². The number of nitrogens with one attached hydrogen (secondary N) is 5. The lowest BCUT2D eigenvalue weighted by Gasteiger charge is -2.36. The average molecular weight is 1900 g/mol. The first kappa shape index (κ1) is 93.9. The number of carbonyl (C=O) groups is 1. The predicted octanol–water partition coefficient (Wildman–Crippen LogP) is 14.0. The van der Waals surface area contributed by atoms with Gasteiger partial charge in [-0.25, -0.2) is 61.4 Å². The van der Waals surface area contributed by atoms with E-state index in [4.69, 9.17) is 40.6 Å². The Morgan fingerprint density at radius 3 is 1.04 bits per heavy atom. The second-order valence-electron chi connectivity index (χ2n) is 37.0. The fourth-order valence-electron chi connectivity index (χ4n) is 19.2. The Labute approximate surface area is 802 Å². The number of carbonyl (C=O) groups excluding carboxylic acids is 1. The molecule has 4 aromatic carbocycles. The van der Waals surface area contributed by atoms with E-state index >= 15 is 0 Å². The van der Waals surface area contributed by atoms with Crippen LogP contribution in [0.1, 0.15) is 90.4 Å². The van der Waals surface area contributed by atoms with Gasteiger partial charge < -0.3 is 31.8 Å². The van der Waals surface area contributed by atoms with E-state index in [1.807, 2.05) is 229 Å². The lowest BCUT2D eigenvalue weighted by molar-refractivity contribution is -0.118. The highest BCUT2D eigenvalue weighted by atomic mass is 32.2. The molecular formula is C100H115N31O5S2. The summed E-state index contributed by atoms with van der Waals surface area (Å²) in [5.41, 5.74) is 25.9. The van der Waals surface area contributed by atoms with E-state index in [2.05, 4.69) is 114 Å². The van der Waals surface area contributed by atoms with Crippen LogP contribution in [-0.4, -0.2) is 207 Å². The minimum Gasteiger partial charge on any atom is -0.369 e. The van der Waals surface area contributed by atoms with Gasteiger partial charge in [0.05, 0.1) is 62.1 Å². The van der Waals surface area contributed by atoms with Crippen molar-refractivity contribution in [2.45, 2.75) is 127 Å². The first-order valence-corrected chi connectivity index (χ1v) is 50.3. The molecule has 5 aliphatic rings. The lowest BCUT2D eigenvalue weighted by atomic mass is 9.77. The fraction of sp³-hybridized carbons (Fsp3) is 0.350. The van der Waals surface area contributed by atoms with Crippen molar-refractivity contribution in [1.29, 1.82) is 0 Å². The van der Waals surface area contributed by atoms with E-state index < -0.39 is 20.0 Å². The van der Waals surface area contributed by atoms with Crippen molar-refractivity contribution >= 4 is 49.1 Å². The molecule has 3 saturated carbocycles. The molecule has 7 N–H and O–H groups in total. The number of hydrogen-bond acceptors (Lipinski definition) is 26. The summed E-state index contributed by atoms with van der Waals surface area (Å²) in [5, 5.41) is 48.8. The molecule has 5 fully saturated rings. The molecule has 138 heavy (non-hydrogen) atoms. The quantitative estimate of drug-likeness (QED) is 0.0278. The minimum absolute atomic E-state index is 0.0154. The zero-order valence-corrected chi connectivity index (χ0v) is 80.8. The Morgan fingerprint density at radius 2 is 0.710 bits per heavy atom. The van der Waals surface area contributed by atoms with E-state index in [0.717, 1.165) is 206 Å². The van der Waals surface area contributed by atoms with E-state index in [1.165, 1.54) is 18.9 Å². The molecule has 12 aromatic heterocycles. The molecule has 5 atom stereocenters. The largest absolute Gasteiger partial charge is 0.369 e. The van der Waals surface area contributed by atoms with Crippen molar-refractivity contribution in [2.24, 2.45) is 79.9 Å². The summed E-state index contributed by atoms with van der Waals surface area (Å²) in [4.78, 5) is 50.0. The third-order valence-corrected chi connectivity index (χ3v) is 28.3. The third kappa shape index (κ3) is 22.6. The van der Waals surface area contributed by atoms with Crippen LogP contribution in [-0.2, 0) is 81.2 Å². The molecule has 2 aliphatic heterocycles. The van der Waals surface area contributed by atoms with E-state index in [-0.39, 0.29) is 36.0 Å². The predicted molar refractivity (Wildman–Crippen MR) is 534 cm³/mol. The molecule has 0 amide bonds. The van der Waals surface area contributed by atoms with Gasteiger partial charge in [-0.15, -0.1) is 0 Å². The molecular weight excluding hydrogens is 1780 g/mol. The van der Waals surface area contributed by atoms with Crippen molar-refractivity contribution in [1.82, 2.24) is 127 Å². The van der Waals surface area contributed by atoms with Crippen LogP contribution in [0.15, 0.2) is 221 Å². The Balaban J connectivity index is 0.000000122. The van der Waals surface area contributed by atoms with Crippen LogP contribution < -0.4 is 31.7 Å². The molecule has 3 aliphatic carbocycles. The van der Waals surface area contributed by atoms with E-state index in [0.29, 0.717) is 65.9 Å². The maximum absolute atomic E-state index is 12.4. The average Bonchev–Trinajstić information content (AvgIpc) is 1.60.